The highest BCUT2D eigenvalue weighted by atomic mass is 16.5. The summed E-state index contributed by atoms with van der Waals surface area (Å²) in [7, 11) is 0. The molecular weight excluding hydrogens is 683 g/mol. The van der Waals surface area contributed by atoms with Crippen LogP contribution >= 0.6 is 0 Å². The fourth-order valence-electron chi connectivity index (χ4n) is 8.55. The van der Waals surface area contributed by atoms with Crippen molar-refractivity contribution in [1.29, 1.82) is 0 Å². The van der Waals surface area contributed by atoms with E-state index in [0.717, 1.165) is 50.3 Å². The minimum Gasteiger partial charge on any atom is -0.472 e. The second-order valence-electron chi connectivity index (χ2n) is 14.3. The summed E-state index contributed by atoms with van der Waals surface area (Å²) in [5.41, 5.74) is 14.7. The van der Waals surface area contributed by atoms with Gasteiger partial charge in [0.25, 0.3) is 0 Å². The third kappa shape index (κ3) is 5.04. The maximum atomic E-state index is 7.33. The highest BCUT2D eigenvalue weighted by molar-refractivity contribution is 5.94. The standard InChI is InChI=1S/C52H33N3O/c1-3-14-34(15-4-1)35-26-30-38(31-27-35)50-53-49(37-16-5-2-6-17-37)54-51(55-50)39-32-28-36(29-33-39)40-21-13-25-47-48(40)43-20-9-12-24-46(43)52(56-47)44-22-10-7-18-41(44)42-19-8-11-23-45(42)52/h1-33H. The zero-order valence-electron chi connectivity index (χ0n) is 30.3. The summed E-state index contributed by atoms with van der Waals surface area (Å²) in [5, 5.41) is 0. The number of hydrogen-bond acceptors (Lipinski definition) is 4. The van der Waals surface area contributed by atoms with E-state index in [9.17, 15) is 0 Å². The van der Waals surface area contributed by atoms with Crippen molar-refractivity contribution in [2.24, 2.45) is 0 Å². The first-order valence-electron chi connectivity index (χ1n) is 18.9. The molecule has 1 aromatic heterocycles. The Bertz CT molecular complexity index is 2880. The molecule has 0 N–H and O–H groups in total. The van der Waals surface area contributed by atoms with Gasteiger partial charge < -0.3 is 4.74 Å². The van der Waals surface area contributed by atoms with Crippen molar-refractivity contribution >= 4 is 0 Å². The maximum Gasteiger partial charge on any atom is 0.186 e. The van der Waals surface area contributed by atoms with Crippen LogP contribution < -0.4 is 4.74 Å². The number of aromatic nitrogens is 3. The monoisotopic (exact) mass is 715 g/mol. The molecule has 2 aliphatic rings. The van der Waals surface area contributed by atoms with E-state index in [1.807, 2.05) is 36.4 Å². The van der Waals surface area contributed by atoms with Crippen molar-refractivity contribution in [3.05, 3.63) is 217 Å². The summed E-state index contributed by atoms with van der Waals surface area (Å²) in [6.45, 7) is 0. The van der Waals surface area contributed by atoms with Gasteiger partial charge in [-0.05, 0) is 45.0 Å². The number of benzene rings is 8. The molecule has 0 bridgehead atoms. The fraction of sp³-hybridized carbons (Fsp3) is 0.0192. The molecule has 4 heteroatoms. The lowest BCUT2D eigenvalue weighted by Gasteiger charge is -2.40. The van der Waals surface area contributed by atoms with Crippen LogP contribution in [0.15, 0.2) is 200 Å². The minimum atomic E-state index is -0.742. The molecule has 0 unspecified atom stereocenters. The zero-order valence-corrected chi connectivity index (χ0v) is 30.3. The Labute approximate surface area is 325 Å². The Morgan fingerprint density at radius 3 is 1.21 bits per heavy atom. The quantitative estimate of drug-likeness (QED) is 0.178. The first-order chi connectivity index (χ1) is 27.7. The van der Waals surface area contributed by atoms with Crippen LogP contribution in [0.25, 0.3) is 78.7 Å². The molecule has 1 aliphatic carbocycles. The van der Waals surface area contributed by atoms with E-state index >= 15 is 0 Å². The molecule has 56 heavy (non-hydrogen) atoms. The molecule has 0 amide bonds. The highest BCUT2D eigenvalue weighted by Gasteiger charge is 2.50. The summed E-state index contributed by atoms with van der Waals surface area (Å²) in [5.74, 6) is 2.76. The van der Waals surface area contributed by atoms with Gasteiger partial charge in [0.2, 0.25) is 0 Å². The first-order valence-corrected chi connectivity index (χ1v) is 18.9. The molecule has 0 fully saturated rings. The van der Waals surface area contributed by atoms with E-state index < -0.39 is 5.60 Å². The van der Waals surface area contributed by atoms with Crippen LogP contribution in [-0.4, -0.2) is 15.0 Å². The van der Waals surface area contributed by atoms with Crippen molar-refractivity contribution in [2.75, 3.05) is 0 Å². The van der Waals surface area contributed by atoms with Crippen LogP contribution in [-0.2, 0) is 5.60 Å². The van der Waals surface area contributed by atoms with Crippen LogP contribution in [0, 0.1) is 0 Å². The molecule has 11 rings (SSSR count). The number of fused-ring (bicyclic) bond motifs is 9. The lowest BCUT2D eigenvalue weighted by molar-refractivity contribution is 0.157. The van der Waals surface area contributed by atoms with Crippen molar-refractivity contribution in [2.45, 2.75) is 5.60 Å². The Kier molecular flexibility index (Phi) is 7.36. The van der Waals surface area contributed by atoms with Gasteiger partial charge in [0.1, 0.15) is 5.75 Å². The van der Waals surface area contributed by atoms with E-state index in [-0.39, 0.29) is 0 Å². The highest BCUT2D eigenvalue weighted by Crippen LogP contribution is 2.59. The van der Waals surface area contributed by atoms with Gasteiger partial charge in [-0.15, -0.1) is 0 Å². The lowest BCUT2D eigenvalue weighted by atomic mass is 9.76. The number of rotatable bonds is 5. The molecule has 8 aromatic carbocycles. The van der Waals surface area contributed by atoms with Crippen molar-refractivity contribution in [3.63, 3.8) is 0 Å². The van der Waals surface area contributed by atoms with Gasteiger partial charge in [-0.1, -0.05) is 194 Å². The molecule has 0 saturated heterocycles. The third-order valence-electron chi connectivity index (χ3n) is 11.1. The van der Waals surface area contributed by atoms with Gasteiger partial charge in [0, 0.05) is 38.9 Å². The number of ether oxygens (including phenoxy) is 1. The predicted octanol–water partition coefficient (Wildman–Crippen LogP) is 12.5. The van der Waals surface area contributed by atoms with E-state index in [2.05, 4.69) is 164 Å². The molecular formula is C52H33N3O. The van der Waals surface area contributed by atoms with Crippen LogP contribution in [0.4, 0.5) is 0 Å². The van der Waals surface area contributed by atoms with Crippen LogP contribution in [0.1, 0.15) is 16.7 Å². The first kappa shape index (κ1) is 32.0. The van der Waals surface area contributed by atoms with E-state index in [4.69, 9.17) is 19.7 Å². The van der Waals surface area contributed by atoms with Gasteiger partial charge in [0.15, 0.2) is 23.1 Å². The van der Waals surface area contributed by atoms with E-state index in [1.165, 1.54) is 33.4 Å². The Balaban J connectivity index is 0.998. The molecule has 1 aliphatic heterocycles. The van der Waals surface area contributed by atoms with Gasteiger partial charge in [-0.2, -0.15) is 0 Å². The average Bonchev–Trinajstić information content (AvgIpc) is 3.56. The van der Waals surface area contributed by atoms with Gasteiger partial charge in [-0.3, -0.25) is 0 Å². The Morgan fingerprint density at radius 2 is 0.661 bits per heavy atom. The van der Waals surface area contributed by atoms with Gasteiger partial charge in [0.05, 0.1) is 0 Å². The van der Waals surface area contributed by atoms with Crippen molar-refractivity contribution in [1.82, 2.24) is 15.0 Å². The van der Waals surface area contributed by atoms with E-state index in [1.54, 1.807) is 0 Å². The topological polar surface area (TPSA) is 47.9 Å². The summed E-state index contributed by atoms with van der Waals surface area (Å²) in [6, 6.07) is 69.9. The molecule has 0 atom stereocenters. The van der Waals surface area contributed by atoms with E-state index in [0.29, 0.717) is 17.5 Å². The average molecular weight is 716 g/mol. The molecule has 0 saturated carbocycles. The Hall–Kier alpha value is -7.43. The second-order valence-corrected chi connectivity index (χ2v) is 14.3. The molecule has 9 aromatic rings. The molecule has 4 nitrogen and oxygen atoms in total. The molecule has 262 valence electrons. The number of nitrogens with zero attached hydrogens (tertiary/aromatic N) is 3. The lowest BCUT2D eigenvalue weighted by Crippen LogP contribution is -2.36. The van der Waals surface area contributed by atoms with Crippen LogP contribution in [0.5, 0.6) is 5.75 Å². The molecule has 1 spiro atoms. The van der Waals surface area contributed by atoms with Gasteiger partial charge >= 0.3 is 0 Å². The Morgan fingerprint density at radius 1 is 0.286 bits per heavy atom. The van der Waals surface area contributed by atoms with Gasteiger partial charge in [-0.25, -0.2) is 15.0 Å². The summed E-state index contributed by atoms with van der Waals surface area (Å²) in [6.07, 6.45) is 0. The smallest absolute Gasteiger partial charge is 0.186 e. The van der Waals surface area contributed by atoms with Crippen LogP contribution in [0.3, 0.4) is 0 Å². The normalized spacial score (nSPS) is 12.9. The molecule has 2 heterocycles. The summed E-state index contributed by atoms with van der Waals surface area (Å²) >= 11 is 0. The minimum absolute atomic E-state index is 0.622. The van der Waals surface area contributed by atoms with Crippen molar-refractivity contribution < 1.29 is 4.74 Å². The largest absolute Gasteiger partial charge is 0.472 e. The third-order valence-corrected chi connectivity index (χ3v) is 11.1. The summed E-state index contributed by atoms with van der Waals surface area (Å²) < 4.78 is 7.33. The van der Waals surface area contributed by atoms with Crippen molar-refractivity contribution in [3.8, 4) is 84.4 Å². The second kappa shape index (κ2) is 12.9. The van der Waals surface area contributed by atoms with Crippen LogP contribution in [0.2, 0.25) is 0 Å². The molecule has 0 radical (unpaired) electrons. The zero-order chi connectivity index (χ0) is 37.1. The SMILES string of the molecule is c1ccc(-c2ccc(-c3nc(-c4ccccc4)nc(-c4ccc(-c5cccc6c5-c5ccccc5C5(O6)c6ccccc6-c6ccccc65)cc4)n3)cc2)cc1. The fourth-order valence-corrected chi connectivity index (χ4v) is 8.55. The number of hydrogen-bond donors (Lipinski definition) is 0. The summed E-state index contributed by atoms with van der Waals surface area (Å²) in [4.78, 5) is 15.0. The maximum absolute atomic E-state index is 7.33. The predicted molar refractivity (Wildman–Crippen MR) is 225 cm³/mol.